The predicted octanol–water partition coefficient (Wildman–Crippen LogP) is 2.99. The van der Waals surface area contributed by atoms with E-state index in [1.165, 1.54) is 11.8 Å². The van der Waals surface area contributed by atoms with E-state index in [1.54, 1.807) is 12.4 Å². The molecule has 0 spiro atoms. The number of piperidine rings is 1. The number of imidazole rings is 1. The maximum atomic E-state index is 12.2. The lowest BCUT2D eigenvalue weighted by Gasteiger charge is -2.39. The summed E-state index contributed by atoms with van der Waals surface area (Å²) in [5.74, 6) is 1.48. The van der Waals surface area contributed by atoms with E-state index < -0.39 is 14.6 Å². The fraction of sp³-hybridized carbons (Fsp3) is 0.370. The summed E-state index contributed by atoms with van der Waals surface area (Å²) in [7, 11) is -3.36. The highest BCUT2D eigenvalue weighted by Gasteiger charge is 2.43. The number of anilines is 1. The van der Waals surface area contributed by atoms with Crippen molar-refractivity contribution >= 4 is 26.8 Å². The van der Waals surface area contributed by atoms with E-state index in [1.807, 2.05) is 35.2 Å². The third-order valence-electron chi connectivity index (χ3n) is 7.77. The summed E-state index contributed by atoms with van der Waals surface area (Å²) in [5.41, 5.74) is 5.04. The monoisotopic (exact) mass is 519 g/mol. The van der Waals surface area contributed by atoms with Gasteiger partial charge < -0.3 is 19.3 Å². The molecule has 6 rings (SSSR count). The maximum Gasteiger partial charge on any atom is 0.225 e. The molecule has 192 valence electrons. The first kappa shape index (κ1) is 24.0. The summed E-state index contributed by atoms with van der Waals surface area (Å²) in [6.07, 6.45) is 5.51. The van der Waals surface area contributed by atoms with E-state index in [0.717, 1.165) is 28.0 Å². The highest BCUT2D eigenvalue weighted by Crippen LogP contribution is 2.34. The average molecular weight is 520 g/mol. The van der Waals surface area contributed by atoms with Gasteiger partial charge in [0.2, 0.25) is 5.95 Å². The van der Waals surface area contributed by atoms with Crippen LogP contribution in [-0.4, -0.2) is 70.3 Å². The number of sulfone groups is 1. The molecule has 0 radical (unpaired) electrons. The van der Waals surface area contributed by atoms with Crippen molar-refractivity contribution < 1.29 is 18.3 Å². The fourth-order valence-corrected chi connectivity index (χ4v) is 6.58. The molecule has 10 heteroatoms. The molecular formula is C27H29N5O4S. The highest BCUT2D eigenvalue weighted by atomic mass is 32.2. The number of benzene rings is 2. The van der Waals surface area contributed by atoms with Gasteiger partial charge in [-0.25, -0.2) is 23.4 Å². The summed E-state index contributed by atoms with van der Waals surface area (Å²) in [4.78, 5) is 16.0. The Bertz CT molecular complexity index is 1530. The maximum absolute atomic E-state index is 12.2. The van der Waals surface area contributed by atoms with E-state index in [4.69, 9.17) is 9.72 Å². The molecule has 2 aromatic heterocycles. The lowest BCUT2D eigenvalue weighted by atomic mass is 9.97. The second-order valence-corrected chi connectivity index (χ2v) is 12.3. The summed E-state index contributed by atoms with van der Waals surface area (Å²) in [5, 5.41) is 9.77. The van der Waals surface area contributed by atoms with Gasteiger partial charge in [0.25, 0.3) is 0 Å². The van der Waals surface area contributed by atoms with E-state index in [-0.39, 0.29) is 12.6 Å². The molecule has 0 amide bonds. The first-order valence-corrected chi connectivity index (χ1v) is 14.3. The number of aliphatic hydroxyl groups excluding tert-OH is 1. The average Bonchev–Trinajstić information content (AvgIpc) is 3.31. The van der Waals surface area contributed by atoms with Gasteiger partial charge >= 0.3 is 0 Å². The first-order chi connectivity index (χ1) is 17.9. The molecule has 0 bridgehead atoms. The minimum atomic E-state index is -3.36. The molecule has 37 heavy (non-hydrogen) atoms. The van der Waals surface area contributed by atoms with Crippen LogP contribution < -0.4 is 4.90 Å². The van der Waals surface area contributed by atoms with E-state index in [2.05, 4.69) is 32.7 Å². The molecule has 1 atom stereocenters. The molecule has 0 aliphatic carbocycles. The Morgan fingerprint density at radius 3 is 2.46 bits per heavy atom. The van der Waals surface area contributed by atoms with Gasteiger partial charge in [0, 0.05) is 37.3 Å². The molecule has 4 heterocycles. The van der Waals surface area contributed by atoms with Crippen LogP contribution in [-0.2, 0) is 21.2 Å². The summed E-state index contributed by atoms with van der Waals surface area (Å²) in [6, 6.07) is 16.6. The predicted molar refractivity (Wildman–Crippen MR) is 141 cm³/mol. The quantitative estimate of drug-likeness (QED) is 0.429. The Morgan fingerprint density at radius 1 is 1.05 bits per heavy atom. The lowest BCUT2D eigenvalue weighted by molar-refractivity contribution is 0.0679. The van der Waals surface area contributed by atoms with Crippen LogP contribution in [0.3, 0.4) is 0 Å². The van der Waals surface area contributed by atoms with E-state index in [0.29, 0.717) is 45.1 Å². The molecule has 1 fully saturated rings. The third kappa shape index (κ3) is 4.18. The molecule has 2 aromatic carbocycles. The van der Waals surface area contributed by atoms with Crippen LogP contribution in [0.4, 0.5) is 5.95 Å². The lowest BCUT2D eigenvalue weighted by Crippen LogP contribution is -2.51. The SMILES string of the molecule is CS(=O)(=O)C1(CO)CCN(c2ncc(-c3ccc4nc5n(c4c3)[C@@H](c3ccccc3)COC5)cn2)CC1. The molecule has 2 aliphatic rings. The van der Waals surface area contributed by atoms with Gasteiger partial charge in [-0.15, -0.1) is 0 Å². The van der Waals surface area contributed by atoms with Crippen molar-refractivity contribution in [3.8, 4) is 11.1 Å². The summed E-state index contributed by atoms with van der Waals surface area (Å²) < 4.78 is 31.5. The fourth-order valence-electron chi connectivity index (χ4n) is 5.42. The minimum absolute atomic E-state index is 0.0564. The zero-order chi connectivity index (χ0) is 25.6. The highest BCUT2D eigenvalue weighted by molar-refractivity contribution is 7.92. The summed E-state index contributed by atoms with van der Waals surface area (Å²) in [6.45, 7) is 1.67. The smallest absolute Gasteiger partial charge is 0.225 e. The third-order valence-corrected chi connectivity index (χ3v) is 9.88. The van der Waals surface area contributed by atoms with Crippen molar-refractivity contribution in [3.05, 3.63) is 72.3 Å². The molecule has 1 N–H and O–H groups in total. The van der Waals surface area contributed by atoms with Crippen molar-refractivity contribution in [1.29, 1.82) is 0 Å². The topological polar surface area (TPSA) is 110 Å². The molecule has 1 saturated heterocycles. The second-order valence-electron chi connectivity index (χ2n) is 9.92. The molecular weight excluding hydrogens is 490 g/mol. The van der Waals surface area contributed by atoms with Crippen LogP contribution in [0.2, 0.25) is 0 Å². The number of aromatic nitrogens is 4. The Kier molecular flexibility index (Phi) is 5.97. The largest absolute Gasteiger partial charge is 0.395 e. The van der Waals surface area contributed by atoms with Gasteiger partial charge in [-0.2, -0.15) is 0 Å². The number of hydrogen-bond acceptors (Lipinski definition) is 8. The van der Waals surface area contributed by atoms with Gasteiger partial charge in [0.1, 0.15) is 12.4 Å². The minimum Gasteiger partial charge on any atom is -0.395 e. The van der Waals surface area contributed by atoms with Crippen molar-refractivity contribution in [1.82, 2.24) is 19.5 Å². The van der Waals surface area contributed by atoms with Crippen LogP contribution in [0, 0.1) is 0 Å². The molecule has 0 unspecified atom stereocenters. The van der Waals surface area contributed by atoms with Crippen LogP contribution in [0.15, 0.2) is 60.9 Å². The van der Waals surface area contributed by atoms with Gasteiger partial charge in [-0.05, 0) is 36.1 Å². The Hall–Kier alpha value is -3.34. The molecule has 0 saturated carbocycles. The van der Waals surface area contributed by atoms with E-state index in [9.17, 15) is 13.5 Å². The van der Waals surface area contributed by atoms with Crippen molar-refractivity contribution in [2.75, 3.05) is 37.5 Å². The normalized spacial score (nSPS) is 19.6. The Balaban J connectivity index is 1.27. The van der Waals surface area contributed by atoms with Crippen molar-refractivity contribution in [2.24, 2.45) is 0 Å². The van der Waals surface area contributed by atoms with Gasteiger partial charge in [-0.1, -0.05) is 36.4 Å². The molecule has 9 nitrogen and oxygen atoms in total. The van der Waals surface area contributed by atoms with Gasteiger partial charge in [0.05, 0.1) is 35.0 Å². The van der Waals surface area contributed by atoms with Crippen molar-refractivity contribution in [3.63, 3.8) is 0 Å². The number of rotatable bonds is 5. The van der Waals surface area contributed by atoms with Gasteiger partial charge in [-0.3, -0.25) is 0 Å². The zero-order valence-corrected chi connectivity index (χ0v) is 21.4. The number of nitrogens with zero attached hydrogens (tertiary/aromatic N) is 5. The number of fused-ring (bicyclic) bond motifs is 3. The second kappa shape index (κ2) is 9.20. The van der Waals surface area contributed by atoms with Crippen LogP contribution in [0.5, 0.6) is 0 Å². The van der Waals surface area contributed by atoms with E-state index >= 15 is 0 Å². The number of aliphatic hydroxyl groups is 1. The molecule has 2 aliphatic heterocycles. The molecule has 4 aromatic rings. The van der Waals surface area contributed by atoms with Crippen LogP contribution in [0.1, 0.15) is 30.3 Å². The Morgan fingerprint density at radius 2 is 1.78 bits per heavy atom. The first-order valence-electron chi connectivity index (χ1n) is 12.4. The van der Waals surface area contributed by atoms with Crippen molar-refractivity contribution in [2.45, 2.75) is 30.2 Å². The van der Waals surface area contributed by atoms with Crippen LogP contribution >= 0.6 is 0 Å². The number of hydrogen-bond donors (Lipinski definition) is 1. The standard InChI is InChI=1S/C27H29N5O4S/c1-37(34,35)27(18-33)9-11-31(12-10-27)26-28-14-21(15-29-26)20-7-8-22-23(13-20)32-24(16-36-17-25(32)30-22)19-5-3-2-4-6-19/h2-8,13-15,24,33H,9-12,16-18H2,1H3/t24-/m1/s1. The number of ether oxygens (including phenoxy) is 1. The van der Waals surface area contributed by atoms with Gasteiger partial charge in [0.15, 0.2) is 9.84 Å². The zero-order valence-electron chi connectivity index (χ0n) is 20.6. The summed E-state index contributed by atoms with van der Waals surface area (Å²) >= 11 is 0. The Labute approximate surface area is 215 Å². The van der Waals surface area contributed by atoms with Crippen LogP contribution in [0.25, 0.3) is 22.2 Å².